The van der Waals surface area contributed by atoms with Crippen molar-refractivity contribution >= 4 is 17.7 Å². The molecule has 4 rings (SSSR count). The number of carbonyl (C=O) groups is 3. The Morgan fingerprint density at radius 1 is 1.24 bits per heavy atom. The Hall–Kier alpha value is -2.57. The second-order valence-corrected chi connectivity index (χ2v) is 8.83. The van der Waals surface area contributed by atoms with Crippen LogP contribution in [0.4, 0.5) is 0 Å². The molecule has 1 spiro atoms. The summed E-state index contributed by atoms with van der Waals surface area (Å²) in [5.74, 6) is 0.368. The molecule has 156 valence electrons. The lowest BCUT2D eigenvalue weighted by atomic mass is 9.90. The molecule has 7 nitrogen and oxygen atoms in total. The van der Waals surface area contributed by atoms with Crippen molar-refractivity contribution in [2.45, 2.75) is 51.7 Å². The fourth-order valence-electron chi connectivity index (χ4n) is 4.58. The van der Waals surface area contributed by atoms with Gasteiger partial charge in [0.25, 0.3) is 5.91 Å². The third-order valence-corrected chi connectivity index (χ3v) is 6.39. The number of carbonyl (C=O) groups excluding carboxylic acids is 3. The number of hydrogen-bond donors (Lipinski definition) is 1. The molecule has 3 amide bonds. The van der Waals surface area contributed by atoms with Gasteiger partial charge in [-0.3, -0.25) is 14.4 Å². The zero-order chi connectivity index (χ0) is 20.8. The highest BCUT2D eigenvalue weighted by atomic mass is 16.5. The SMILES string of the molecule is Cc1ccc2c(c1)C(=O)NCC1(CCN(C(=O)C3CC(=O)N(C(C)C)C3)CC1)O2. The van der Waals surface area contributed by atoms with E-state index in [1.807, 2.05) is 43.9 Å². The first-order valence-electron chi connectivity index (χ1n) is 10.4. The third kappa shape index (κ3) is 3.70. The highest BCUT2D eigenvalue weighted by molar-refractivity contribution is 5.97. The summed E-state index contributed by atoms with van der Waals surface area (Å²) in [5.41, 5.74) is 1.08. The summed E-state index contributed by atoms with van der Waals surface area (Å²) in [5, 5.41) is 2.99. The topological polar surface area (TPSA) is 79.0 Å². The first kappa shape index (κ1) is 19.7. The predicted octanol–water partition coefficient (Wildman–Crippen LogP) is 1.74. The maximum absolute atomic E-state index is 13.0. The molecular formula is C22H29N3O4. The van der Waals surface area contributed by atoms with Crippen molar-refractivity contribution in [1.82, 2.24) is 15.1 Å². The van der Waals surface area contributed by atoms with Crippen LogP contribution in [0.1, 0.15) is 49.0 Å². The molecule has 1 aromatic rings. The Bertz CT molecular complexity index is 842. The molecule has 0 aliphatic carbocycles. The van der Waals surface area contributed by atoms with Gasteiger partial charge in [0.1, 0.15) is 11.4 Å². The highest BCUT2D eigenvalue weighted by Crippen LogP contribution is 2.34. The van der Waals surface area contributed by atoms with E-state index in [4.69, 9.17) is 4.74 Å². The zero-order valence-electron chi connectivity index (χ0n) is 17.4. The maximum Gasteiger partial charge on any atom is 0.255 e. The molecule has 1 unspecified atom stereocenters. The zero-order valence-corrected chi connectivity index (χ0v) is 17.4. The number of nitrogens with one attached hydrogen (secondary N) is 1. The molecule has 2 fully saturated rings. The van der Waals surface area contributed by atoms with Crippen LogP contribution < -0.4 is 10.1 Å². The Labute approximate surface area is 171 Å². The van der Waals surface area contributed by atoms with Crippen LogP contribution in [0, 0.1) is 12.8 Å². The molecule has 1 N–H and O–H groups in total. The molecular weight excluding hydrogens is 370 g/mol. The lowest BCUT2D eigenvalue weighted by Gasteiger charge is -2.41. The highest BCUT2D eigenvalue weighted by Gasteiger charge is 2.43. The Morgan fingerprint density at radius 3 is 2.62 bits per heavy atom. The Balaban J connectivity index is 1.43. The number of benzene rings is 1. The van der Waals surface area contributed by atoms with E-state index in [0.29, 0.717) is 56.8 Å². The normalized spacial score (nSPS) is 23.7. The summed E-state index contributed by atoms with van der Waals surface area (Å²) >= 11 is 0. The van der Waals surface area contributed by atoms with Crippen molar-refractivity contribution in [2.75, 3.05) is 26.2 Å². The number of ether oxygens (including phenoxy) is 1. The van der Waals surface area contributed by atoms with E-state index in [9.17, 15) is 14.4 Å². The second kappa shape index (κ2) is 7.35. The van der Waals surface area contributed by atoms with Crippen LogP contribution in [-0.4, -0.2) is 65.3 Å². The van der Waals surface area contributed by atoms with Gasteiger partial charge in [0.2, 0.25) is 11.8 Å². The van der Waals surface area contributed by atoms with E-state index < -0.39 is 5.60 Å². The van der Waals surface area contributed by atoms with Gasteiger partial charge < -0.3 is 19.9 Å². The number of amides is 3. The summed E-state index contributed by atoms with van der Waals surface area (Å²) < 4.78 is 6.35. The molecule has 3 heterocycles. The Morgan fingerprint density at radius 2 is 1.97 bits per heavy atom. The number of hydrogen-bond acceptors (Lipinski definition) is 4. The van der Waals surface area contributed by atoms with Crippen molar-refractivity contribution < 1.29 is 19.1 Å². The van der Waals surface area contributed by atoms with Crippen LogP contribution in [0.5, 0.6) is 5.75 Å². The van der Waals surface area contributed by atoms with Gasteiger partial charge in [-0.15, -0.1) is 0 Å². The van der Waals surface area contributed by atoms with E-state index in [0.717, 1.165) is 5.56 Å². The van der Waals surface area contributed by atoms with Crippen LogP contribution in [0.15, 0.2) is 18.2 Å². The van der Waals surface area contributed by atoms with Crippen LogP contribution >= 0.6 is 0 Å². The summed E-state index contributed by atoms with van der Waals surface area (Å²) in [6.07, 6.45) is 1.61. The van der Waals surface area contributed by atoms with Crippen molar-refractivity contribution in [1.29, 1.82) is 0 Å². The van der Waals surface area contributed by atoms with Crippen LogP contribution in [0.25, 0.3) is 0 Å². The van der Waals surface area contributed by atoms with Crippen molar-refractivity contribution in [3.8, 4) is 5.75 Å². The van der Waals surface area contributed by atoms with E-state index in [2.05, 4.69) is 5.32 Å². The van der Waals surface area contributed by atoms with E-state index >= 15 is 0 Å². The first-order valence-corrected chi connectivity index (χ1v) is 10.4. The van der Waals surface area contributed by atoms with Crippen LogP contribution in [0.3, 0.4) is 0 Å². The standard InChI is InChI=1S/C22H29N3O4/c1-14(2)25-12-16(11-19(25)26)21(28)24-8-6-22(7-9-24)13-23-20(27)17-10-15(3)4-5-18(17)29-22/h4-5,10,14,16H,6-9,11-13H2,1-3H3,(H,23,27). The monoisotopic (exact) mass is 399 g/mol. The molecule has 1 atom stereocenters. The van der Waals surface area contributed by atoms with Crippen LogP contribution in [0.2, 0.25) is 0 Å². The third-order valence-electron chi connectivity index (χ3n) is 6.39. The van der Waals surface area contributed by atoms with Gasteiger partial charge in [-0.2, -0.15) is 0 Å². The summed E-state index contributed by atoms with van der Waals surface area (Å²) in [4.78, 5) is 41.2. The number of nitrogens with zero attached hydrogens (tertiary/aromatic N) is 2. The molecule has 2 saturated heterocycles. The molecule has 7 heteroatoms. The second-order valence-electron chi connectivity index (χ2n) is 8.83. The molecule has 29 heavy (non-hydrogen) atoms. The summed E-state index contributed by atoms with van der Waals surface area (Å²) in [6, 6.07) is 5.78. The van der Waals surface area contributed by atoms with Crippen LogP contribution in [-0.2, 0) is 9.59 Å². The van der Waals surface area contributed by atoms with Gasteiger partial charge >= 0.3 is 0 Å². The molecule has 3 aliphatic rings. The quantitative estimate of drug-likeness (QED) is 0.822. The van der Waals surface area contributed by atoms with E-state index in [1.54, 1.807) is 4.90 Å². The first-order chi connectivity index (χ1) is 13.8. The minimum Gasteiger partial charge on any atom is -0.484 e. The minimum absolute atomic E-state index is 0.0602. The number of rotatable bonds is 2. The number of likely N-dealkylation sites (tertiary alicyclic amines) is 2. The molecule has 0 radical (unpaired) electrons. The molecule has 0 saturated carbocycles. The van der Waals surface area contributed by atoms with Crippen molar-refractivity contribution in [3.63, 3.8) is 0 Å². The van der Waals surface area contributed by atoms with E-state index in [-0.39, 0.29) is 29.7 Å². The average molecular weight is 399 g/mol. The fourth-order valence-corrected chi connectivity index (χ4v) is 4.58. The van der Waals surface area contributed by atoms with E-state index in [1.165, 1.54) is 0 Å². The largest absolute Gasteiger partial charge is 0.484 e. The van der Waals surface area contributed by atoms with Gasteiger partial charge in [0.05, 0.1) is 18.0 Å². The number of aryl methyl sites for hydroxylation is 1. The van der Waals surface area contributed by atoms with Gasteiger partial charge in [-0.1, -0.05) is 11.6 Å². The number of fused-ring (bicyclic) bond motifs is 1. The van der Waals surface area contributed by atoms with Crippen molar-refractivity contribution in [3.05, 3.63) is 29.3 Å². The minimum atomic E-state index is -0.498. The lowest BCUT2D eigenvalue weighted by Crippen LogP contribution is -2.55. The molecule has 0 aromatic heterocycles. The van der Waals surface area contributed by atoms with Gasteiger partial charge in [0, 0.05) is 44.9 Å². The average Bonchev–Trinajstić information content (AvgIpc) is 3.04. The molecule has 1 aromatic carbocycles. The molecule has 3 aliphatic heterocycles. The number of piperidine rings is 1. The smallest absolute Gasteiger partial charge is 0.255 e. The molecule has 0 bridgehead atoms. The maximum atomic E-state index is 13.0. The van der Waals surface area contributed by atoms with Gasteiger partial charge in [-0.05, 0) is 32.9 Å². The van der Waals surface area contributed by atoms with Gasteiger partial charge in [0.15, 0.2) is 0 Å². The van der Waals surface area contributed by atoms with Gasteiger partial charge in [-0.25, -0.2) is 0 Å². The summed E-state index contributed by atoms with van der Waals surface area (Å²) in [7, 11) is 0. The lowest BCUT2D eigenvalue weighted by molar-refractivity contribution is -0.139. The fraction of sp³-hybridized carbons (Fsp3) is 0.591. The Kier molecular flexibility index (Phi) is 5.00. The van der Waals surface area contributed by atoms with Crippen molar-refractivity contribution in [2.24, 2.45) is 5.92 Å². The summed E-state index contributed by atoms with van der Waals surface area (Å²) in [6.45, 7) is 8.00. The predicted molar refractivity (Wildman–Crippen MR) is 108 cm³/mol.